The van der Waals surface area contributed by atoms with E-state index >= 15 is 0 Å². The minimum Gasteiger partial charge on any atom is -0.332 e. The van der Waals surface area contributed by atoms with Gasteiger partial charge in [0, 0.05) is 24.8 Å². The predicted molar refractivity (Wildman–Crippen MR) is 109 cm³/mol. The van der Waals surface area contributed by atoms with Crippen LogP contribution in [0.5, 0.6) is 0 Å². The summed E-state index contributed by atoms with van der Waals surface area (Å²) in [7, 11) is -2.14. The summed E-state index contributed by atoms with van der Waals surface area (Å²) in [6.45, 7) is 5.39. The van der Waals surface area contributed by atoms with Crippen LogP contribution < -0.4 is 10.0 Å². The van der Waals surface area contributed by atoms with Crippen LogP contribution in [0.15, 0.2) is 66.1 Å². The molecule has 0 aromatic heterocycles. The van der Waals surface area contributed by atoms with E-state index in [-0.39, 0.29) is 35.4 Å². The zero-order valence-electron chi connectivity index (χ0n) is 15.8. The summed E-state index contributed by atoms with van der Waals surface area (Å²) in [4.78, 5) is 25.9. The van der Waals surface area contributed by atoms with Gasteiger partial charge < -0.3 is 10.2 Å². The van der Waals surface area contributed by atoms with E-state index in [1.807, 2.05) is 19.1 Å². The summed E-state index contributed by atoms with van der Waals surface area (Å²) in [6, 6.07) is 12.9. The Labute approximate surface area is 165 Å². The van der Waals surface area contributed by atoms with Gasteiger partial charge in [-0.1, -0.05) is 23.8 Å². The summed E-state index contributed by atoms with van der Waals surface area (Å²) in [5.74, 6) is -0.713. The van der Waals surface area contributed by atoms with Crippen molar-refractivity contribution in [3.05, 3.63) is 72.3 Å². The van der Waals surface area contributed by atoms with Gasteiger partial charge in [0.1, 0.15) is 0 Å². The number of amides is 2. The van der Waals surface area contributed by atoms with Crippen LogP contribution in [0, 0.1) is 6.92 Å². The zero-order chi connectivity index (χ0) is 20.7. The molecule has 148 valence electrons. The minimum atomic E-state index is -3.65. The number of rotatable bonds is 8. The zero-order valence-corrected chi connectivity index (χ0v) is 16.6. The number of nitrogens with one attached hydrogen (secondary N) is 2. The molecule has 0 fully saturated rings. The second-order valence-electron chi connectivity index (χ2n) is 6.24. The van der Waals surface area contributed by atoms with Crippen molar-refractivity contribution in [3.63, 3.8) is 0 Å². The molecule has 0 radical (unpaired) electrons. The summed E-state index contributed by atoms with van der Waals surface area (Å²) in [5, 5.41) is 2.73. The Morgan fingerprint density at radius 1 is 1.07 bits per heavy atom. The van der Waals surface area contributed by atoms with E-state index < -0.39 is 10.0 Å². The molecule has 0 heterocycles. The Morgan fingerprint density at radius 2 is 1.68 bits per heavy atom. The van der Waals surface area contributed by atoms with Gasteiger partial charge in [0.25, 0.3) is 5.91 Å². The Balaban J connectivity index is 1.99. The summed E-state index contributed by atoms with van der Waals surface area (Å²) in [5.41, 5.74) is 2.02. The maximum atomic E-state index is 12.5. The molecule has 0 aliphatic carbocycles. The summed E-state index contributed by atoms with van der Waals surface area (Å²) < 4.78 is 26.4. The molecule has 0 spiro atoms. The van der Waals surface area contributed by atoms with Crippen LogP contribution in [0.2, 0.25) is 0 Å². The normalized spacial score (nSPS) is 10.9. The molecule has 2 aromatic carbocycles. The number of hydrogen-bond acceptors (Lipinski definition) is 4. The maximum Gasteiger partial charge on any atom is 0.254 e. The number of nitrogens with zero attached hydrogens (tertiary/aromatic N) is 1. The maximum absolute atomic E-state index is 12.5. The largest absolute Gasteiger partial charge is 0.332 e. The van der Waals surface area contributed by atoms with E-state index in [9.17, 15) is 18.0 Å². The SMILES string of the molecule is C=CCNS(=O)(=O)c1ccc(C(=O)N(C)CC(=O)Nc2ccc(C)cc2)cc1. The van der Waals surface area contributed by atoms with Crippen LogP contribution in [0.1, 0.15) is 15.9 Å². The van der Waals surface area contributed by atoms with Crippen molar-refractivity contribution < 1.29 is 18.0 Å². The smallest absolute Gasteiger partial charge is 0.254 e. The van der Waals surface area contributed by atoms with Crippen molar-refractivity contribution in [3.8, 4) is 0 Å². The van der Waals surface area contributed by atoms with Gasteiger partial charge in [0.15, 0.2) is 0 Å². The molecule has 2 N–H and O–H groups in total. The fourth-order valence-corrected chi connectivity index (χ4v) is 3.37. The van der Waals surface area contributed by atoms with E-state index in [1.165, 1.54) is 42.3 Å². The average Bonchev–Trinajstić information content (AvgIpc) is 2.67. The van der Waals surface area contributed by atoms with Crippen molar-refractivity contribution in [2.75, 3.05) is 25.5 Å². The van der Waals surface area contributed by atoms with E-state index in [0.717, 1.165) is 5.56 Å². The minimum absolute atomic E-state index is 0.0469. The fraction of sp³-hybridized carbons (Fsp3) is 0.200. The monoisotopic (exact) mass is 401 g/mol. The van der Waals surface area contributed by atoms with Gasteiger partial charge in [-0.2, -0.15) is 0 Å². The standard InChI is InChI=1S/C20H23N3O4S/c1-4-13-21-28(26,27)18-11-7-16(8-12-18)20(25)23(3)14-19(24)22-17-9-5-15(2)6-10-17/h4-12,21H,1,13-14H2,2-3H3,(H,22,24). The summed E-state index contributed by atoms with van der Waals surface area (Å²) in [6.07, 6.45) is 1.44. The molecular formula is C20H23N3O4S. The Morgan fingerprint density at radius 3 is 2.25 bits per heavy atom. The van der Waals surface area contributed by atoms with Gasteiger partial charge in [0.2, 0.25) is 15.9 Å². The summed E-state index contributed by atoms with van der Waals surface area (Å²) >= 11 is 0. The average molecular weight is 401 g/mol. The molecule has 7 nitrogen and oxygen atoms in total. The molecule has 8 heteroatoms. The number of hydrogen-bond donors (Lipinski definition) is 2. The van der Waals surface area contributed by atoms with Crippen LogP contribution in [0.3, 0.4) is 0 Å². The van der Waals surface area contributed by atoms with Crippen LogP contribution in [-0.4, -0.2) is 45.3 Å². The van der Waals surface area contributed by atoms with Gasteiger partial charge in [-0.05, 0) is 43.3 Å². The Kier molecular flexibility index (Phi) is 7.08. The predicted octanol–water partition coefficient (Wildman–Crippen LogP) is 2.17. The fourth-order valence-electron chi connectivity index (χ4n) is 2.37. The number of carbonyl (C=O) groups excluding carboxylic acids is 2. The van der Waals surface area contributed by atoms with E-state index in [2.05, 4.69) is 16.6 Å². The molecule has 2 amide bonds. The number of aryl methyl sites for hydroxylation is 1. The van der Waals surface area contributed by atoms with Crippen molar-refractivity contribution in [2.24, 2.45) is 0 Å². The van der Waals surface area contributed by atoms with E-state index in [4.69, 9.17) is 0 Å². The Hall–Kier alpha value is -2.97. The van der Waals surface area contributed by atoms with Crippen LogP contribution >= 0.6 is 0 Å². The molecule has 0 saturated carbocycles. The number of likely N-dealkylation sites (N-methyl/N-ethyl adjacent to an activating group) is 1. The van der Waals surface area contributed by atoms with Gasteiger partial charge in [-0.15, -0.1) is 6.58 Å². The van der Waals surface area contributed by atoms with E-state index in [0.29, 0.717) is 5.69 Å². The van der Waals surface area contributed by atoms with Crippen molar-refractivity contribution in [2.45, 2.75) is 11.8 Å². The molecule has 0 saturated heterocycles. The third-order valence-electron chi connectivity index (χ3n) is 3.89. The second kappa shape index (κ2) is 9.29. The van der Waals surface area contributed by atoms with Gasteiger partial charge in [-0.25, -0.2) is 13.1 Å². The molecule has 2 rings (SSSR count). The molecule has 0 bridgehead atoms. The van der Waals surface area contributed by atoms with Gasteiger partial charge in [-0.3, -0.25) is 9.59 Å². The highest BCUT2D eigenvalue weighted by atomic mass is 32.2. The van der Waals surface area contributed by atoms with E-state index in [1.54, 1.807) is 12.1 Å². The highest BCUT2D eigenvalue weighted by molar-refractivity contribution is 7.89. The molecular weight excluding hydrogens is 378 g/mol. The van der Waals surface area contributed by atoms with Crippen LogP contribution in [-0.2, 0) is 14.8 Å². The lowest BCUT2D eigenvalue weighted by molar-refractivity contribution is -0.116. The molecule has 0 aliphatic rings. The second-order valence-corrected chi connectivity index (χ2v) is 8.01. The number of sulfonamides is 1. The lowest BCUT2D eigenvalue weighted by Gasteiger charge is -2.17. The van der Waals surface area contributed by atoms with Gasteiger partial charge in [0.05, 0.1) is 11.4 Å². The first kappa shape index (κ1) is 21.3. The molecule has 0 unspecified atom stereocenters. The van der Waals surface area contributed by atoms with Crippen LogP contribution in [0.4, 0.5) is 5.69 Å². The Bertz CT molecular complexity index is 952. The third kappa shape index (κ3) is 5.77. The first-order chi connectivity index (χ1) is 13.2. The highest BCUT2D eigenvalue weighted by Gasteiger charge is 2.17. The lowest BCUT2D eigenvalue weighted by Crippen LogP contribution is -2.35. The lowest BCUT2D eigenvalue weighted by atomic mass is 10.2. The first-order valence-electron chi connectivity index (χ1n) is 8.55. The van der Waals surface area contributed by atoms with Crippen molar-refractivity contribution in [1.29, 1.82) is 0 Å². The topological polar surface area (TPSA) is 95.6 Å². The van der Waals surface area contributed by atoms with Crippen molar-refractivity contribution in [1.82, 2.24) is 9.62 Å². The molecule has 0 aliphatic heterocycles. The molecule has 0 atom stereocenters. The van der Waals surface area contributed by atoms with Crippen molar-refractivity contribution >= 4 is 27.5 Å². The first-order valence-corrected chi connectivity index (χ1v) is 10.0. The molecule has 2 aromatic rings. The van der Waals surface area contributed by atoms with Gasteiger partial charge >= 0.3 is 0 Å². The quantitative estimate of drug-likeness (QED) is 0.663. The highest BCUT2D eigenvalue weighted by Crippen LogP contribution is 2.12. The van der Waals surface area contributed by atoms with Crippen LogP contribution in [0.25, 0.3) is 0 Å². The number of benzene rings is 2. The number of anilines is 1. The number of carbonyl (C=O) groups is 2. The third-order valence-corrected chi connectivity index (χ3v) is 5.33. The molecule has 28 heavy (non-hydrogen) atoms.